The van der Waals surface area contributed by atoms with E-state index in [-0.39, 0.29) is 0 Å². The number of rotatable bonds is 1. The Bertz CT molecular complexity index is 514. The number of aromatic nitrogens is 1. The first-order valence-corrected chi connectivity index (χ1v) is 5.79. The number of hydrogen-bond donors (Lipinski definition) is 0. The Balaban J connectivity index is 2.41. The van der Waals surface area contributed by atoms with Gasteiger partial charge < -0.3 is 0 Å². The summed E-state index contributed by atoms with van der Waals surface area (Å²) in [6, 6.07) is 8.54. The molecule has 1 aromatic heterocycles. The molecule has 3 rings (SSSR count). The van der Waals surface area contributed by atoms with Gasteiger partial charge in [-0.05, 0) is 42.9 Å². The van der Waals surface area contributed by atoms with Crippen molar-refractivity contribution in [1.29, 1.82) is 0 Å². The topological polar surface area (TPSA) is 12.9 Å². The fourth-order valence-corrected chi connectivity index (χ4v) is 2.71. The van der Waals surface area contributed by atoms with Crippen molar-refractivity contribution in [3.8, 4) is 0 Å². The van der Waals surface area contributed by atoms with Crippen LogP contribution in [0.5, 0.6) is 0 Å². The molecule has 0 spiro atoms. The second kappa shape index (κ2) is 3.34. The van der Waals surface area contributed by atoms with Gasteiger partial charge in [-0.25, -0.2) is 0 Å². The number of hydrogen-bond acceptors (Lipinski definition) is 1. The quantitative estimate of drug-likeness (QED) is 0.683. The summed E-state index contributed by atoms with van der Waals surface area (Å²) in [6.07, 6.45) is 4.82. The molecule has 15 heavy (non-hydrogen) atoms. The maximum atomic E-state index is 4.76. The van der Waals surface area contributed by atoms with E-state index in [9.17, 15) is 0 Å². The van der Waals surface area contributed by atoms with Gasteiger partial charge in [0.2, 0.25) is 0 Å². The first-order chi connectivity index (χ1) is 7.40. The molecule has 0 saturated carbocycles. The molecule has 2 aromatic rings. The summed E-state index contributed by atoms with van der Waals surface area (Å²) < 4.78 is 0. The maximum Gasteiger partial charge on any atom is 0.0708 e. The SMILES string of the molecule is CCc1c2c(nc3ccccc13)CCC2. The number of pyridine rings is 1. The predicted molar refractivity (Wildman–Crippen MR) is 63.1 cm³/mol. The molecular formula is C14H15N. The van der Waals surface area contributed by atoms with Crippen LogP contribution in [0.1, 0.15) is 30.2 Å². The van der Waals surface area contributed by atoms with Gasteiger partial charge in [-0.15, -0.1) is 0 Å². The molecule has 0 atom stereocenters. The smallest absolute Gasteiger partial charge is 0.0708 e. The van der Waals surface area contributed by atoms with Crippen LogP contribution in [-0.4, -0.2) is 4.98 Å². The van der Waals surface area contributed by atoms with Gasteiger partial charge in [-0.2, -0.15) is 0 Å². The average molecular weight is 197 g/mol. The minimum absolute atomic E-state index is 1.13. The van der Waals surface area contributed by atoms with Gasteiger partial charge in [0.05, 0.1) is 5.52 Å². The number of aryl methyl sites for hydroxylation is 2. The molecule has 1 heteroatoms. The molecule has 0 amide bonds. The van der Waals surface area contributed by atoms with E-state index in [4.69, 9.17) is 4.98 Å². The largest absolute Gasteiger partial charge is 0.253 e. The highest BCUT2D eigenvalue weighted by atomic mass is 14.7. The average Bonchev–Trinajstić information content (AvgIpc) is 2.73. The minimum atomic E-state index is 1.13. The van der Waals surface area contributed by atoms with Crippen LogP contribution in [0.4, 0.5) is 0 Å². The fraction of sp³-hybridized carbons (Fsp3) is 0.357. The van der Waals surface area contributed by atoms with Crippen molar-refractivity contribution in [1.82, 2.24) is 4.98 Å². The lowest BCUT2D eigenvalue weighted by atomic mass is 9.99. The van der Waals surface area contributed by atoms with Crippen LogP contribution < -0.4 is 0 Å². The molecule has 0 saturated heterocycles. The molecule has 76 valence electrons. The van der Waals surface area contributed by atoms with Crippen molar-refractivity contribution >= 4 is 10.9 Å². The Morgan fingerprint density at radius 3 is 2.93 bits per heavy atom. The molecule has 0 fully saturated rings. The van der Waals surface area contributed by atoms with Crippen LogP contribution in [0.3, 0.4) is 0 Å². The molecule has 0 unspecified atom stereocenters. The van der Waals surface area contributed by atoms with Crippen LogP contribution in [0.25, 0.3) is 10.9 Å². The lowest BCUT2D eigenvalue weighted by molar-refractivity contribution is 0.898. The third-order valence-electron chi connectivity index (χ3n) is 3.39. The van der Waals surface area contributed by atoms with Crippen LogP contribution in [0.2, 0.25) is 0 Å². The van der Waals surface area contributed by atoms with Crippen LogP contribution in [0.15, 0.2) is 24.3 Å². The number of nitrogens with zero attached hydrogens (tertiary/aromatic N) is 1. The molecule has 1 aromatic carbocycles. The highest BCUT2D eigenvalue weighted by molar-refractivity contribution is 5.83. The van der Waals surface area contributed by atoms with Crippen molar-refractivity contribution in [2.24, 2.45) is 0 Å². The van der Waals surface area contributed by atoms with Crippen molar-refractivity contribution in [2.75, 3.05) is 0 Å². The Morgan fingerprint density at radius 1 is 1.20 bits per heavy atom. The van der Waals surface area contributed by atoms with E-state index < -0.39 is 0 Å². The van der Waals surface area contributed by atoms with Crippen molar-refractivity contribution in [2.45, 2.75) is 32.6 Å². The van der Waals surface area contributed by atoms with Gasteiger partial charge in [0, 0.05) is 11.1 Å². The molecule has 1 aliphatic carbocycles. The monoisotopic (exact) mass is 197 g/mol. The van der Waals surface area contributed by atoms with E-state index in [1.807, 2.05) is 0 Å². The van der Waals surface area contributed by atoms with Gasteiger partial charge in [-0.1, -0.05) is 25.1 Å². The lowest BCUT2D eigenvalue weighted by Crippen LogP contribution is -1.97. The predicted octanol–water partition coefficient (Wildman–Crippen LogP) is 3.29. The molecule has 1 aliphatic rings. The summed E-state index contributed by atoms with van der Waals surface area (Å²) in [5.74, 6) is 0. The molecule has 0 N–H and O–H groups in total. The summed E-state index contributed by atoms with van der Waals surface area (Å²) in [6.45, 7) is 2.25. The van der Waals surface area contributed by atoms with Crippen molar-refractivity contribution < 1.29 is 0 Å². The third-order valence-corrected chi connectivity index (χ3v) is 3.39. The fourth-order valence-electron chi connectivity index (χ4n) is 2.71. The van der Waals surface area contributed by atoms with Gasteiger partial charge in [0.15, 0.2) is 0 Å². The van der Waals surface area contributed by atoms with E-state index in [2.05, 4.69) is 31.2 Å². The Hall–Kier alpha value is -1.37. The second-order valence-electron chi connectivity index (χ2n) is 4.24. The zero-order valence-electron chi connectivity index (χ0n) is 9.09. The number of fused-ring (bicyclic) bond motifs is 2. The molecule has 0 aliphatic heterocycles. The normalized spacial score (nSPS) is 14.5. The van der Waals surface area contributed by atoms with Gasteiger partial charge in [-0.3, -0.25) is 4.98 Å². The zero-order valence-corrected chi connectivity index (χ0v) is 9.09. The Morgan fingerprint density at radius 2 is 2.07 bits per heavy atom. The van der Waals surface area contributed by atoms with Gasteiger partial charge in [0.25, 0.3) is 0 Å². The summed E-state index contributed by atoms with van der Waals surface area (Å²) in [5, 5.41) is 1.36. The minimum Gasteiger partial charge on any atom is -0.253 e. The number of para-hydroxylation sites is 1. The van der Waals surface area contributed by atoms with Crippen molar-refractivity contribution in [3.63, 3.8) is 0 Å². The first kappa shape index (κ1) is 8.90. The van der Waals surface area contributed by atoms with Gasteiger partial charge in [0.1, 0.15) is 0 Å². The highest BCUT2D eigenvalue weighted by Crippen LogP contribution is 2.29. The summed E-state index contributed by atoms with van der Waals surface area (Å²) in [7, 11) is 0. The molecule has 0 bridgehead atoms. The zero-order chi connectivity index (χ0) is 10.3. The van der Waals surface area contributed by atoms with Crippen LogP contribution >= 0.6 is 0 Å². The van der Waals surface area contributed by atoms with E-state index in [0.717, 1.165) is 6.42 Å². The van der Waals surface area contributed by atoms with E-state index in [1.54, 1.807) is 0 Å². The summed E-state index contributed by atoms with van der Waals surface area (Å²) >= 11 is 0. The summed E-state index contributed by atoms with van der Waals surface area (Å²) in [4.78, 5) is 4.76. The lowest BCUT2D eigenvalue weighted by Gasteiger charge is -2.10. The molecular weight excluding hydrogens is 182 g/mol. The maximum absolute atomic E-state index is 4.76. The van der Waals surface area contributed by atoms with E-state index >= 15 is 0 Å². The highest BCUT2D eigenvalue weighted by Gasteiger charge is 2.17. The Labute approximate surface area is 90.2 Å². The number of benzene rings is 1. The molecule has 1 nitrogen and oxygen atoms in total. The van der Waals surface area contributed by atoms with E-state index in [0.29, 0.717) is 0 Å². The van der Waals surface area contributed by atoms with Crippen LogP contribution in [-0.2, 0) is 19.3 Å². The van der Waals surface area contributed by atoms with Crippen molar-refractivity contribution in [3.05, 3.63) is 41.1 Å². The first-order valence-electron chi connectivity index (χ1n) is 5.79. The third kappa shape index (κ3) is 1.26. The Kier molecular flexibility index (Phi) is 1.98. The second-order valence-corrected chi connectivity index (χ2v) is 4.24. The van der Waals surface area contributed by atoms with E-state index in [1.165, 1.54) is 47.0 Å². The standard InChI is InChI=1S/C14H15N/c1-2-10-11-6-3-4-8-13(11)15-14-9-5-7-12(10)14/h3-4,6,8H,2,5,7,9H2,1H3. The van der Waals surface area contributed by atoms with Crippen LogP contribution in [0, 0.1) is 0 Å². The van der Waals surface area contributed by atoms with Gasteiger partial charge >= 0.3 is 0 Å². The summed E-state index contributed by atoms with van der Waals surface area (Å²) in [5.41, 5.74) is 5.60. The molecule has 1 heterocycles. The molecule has 0 radical (unpaired) electrons.